The van der Waals surface area contributed by atoms with Crippen molar-refractivity contribution in [1.29, 1.82) is 0 Å². The van der Waals surface area contributed by atoms with E-state index in [1.54, 1.807) is 0 Å². The number of rotatable bonds is 10. The summed E-state index contributed by atoms with van der Waals surface area (Å²) in [5.41, 5.74) is 1.39. The van der Waals surface area contributed by atoms with E-state index in [1.165, 1.54) is 18.2 Å². The van der Waals surface area contributed by atoms with Gasteiger partial charge in [-0.3, -0.25) is 0 Å². The van der Waals surface area contributed by atoms with E-state index >= 15 is 0 Å². The van der Waals surface area contributed by atoms with Crippen LogP contribution in [-0.4, -0.2) is 32.1 Å². The highest BCUT2D eigenvalue weighted by Crippen LogP contribution is 2.22. The van der Waals surface area contributed by atoms with Gasteiger partial charge in [0.2, 0.25) is 10.0 Å². The summed E-state index contributed by atoms with van der Waals surface area (Å²) in [6.45, 7) is 4.25. The molecule has 7 heteroatoms. The van der Waals surface area contributed by atoms with Crippen LogP contribution >= 0.6 is 0 Å². The van der Waals surface area contributed by atoms with E-state index in [4.69, 9.17) is 0 Å². The first-order valence-electron chi connectivity index (χ1n) is 9.01. The number of benzene rings is 2. The topological polar surface area (TPSA) is 95.5 Å². The van der Waals surface area contributed by atoms with Gasteiger partial charge >= 0.3 is 5.97 Å². The highest BCUT2D eigenvalue weighted by Gasteiger charge is 2.19. The molecule has 0 unspecified atom stereocenters. The van der Waals surface area contributed by atoms with Gasteiger partial charge in [-0.05, 0) is 43.5 Å². The van der Waals surface area contributed by atoms with Gasteiger partial charge < -0.3 is 10.4 Å². The van der Waals surface area contributed by atoms with Gasteiger partial charge in [-0.2, -0.15) is 0 Å². The van der Waals surface area contributed by atoms with Crippen LogP contribution in [0.1, 0.15) is 42.6 Å². The minimum atomic E-state index is -3.78. The van der Waals surface area contributed by atoms with E-state index in [0.29, 0.717) is 12.1 Å². The molecule has 2 aromatic carbocycles. The largest absolute Gasteiger partial charge is 0.478 e. The fourth-order valence-corrected chi connectivity index (χ4v) is 3.88. The Morgan fingerprint density at radius 2 is 1.85 bits per heavy atom. The van der Waals surface area contributed by atoms with Crippen LogP contribution in [0.2, 0.25) is 0 Å². The highest BCUT2D eigenvalue weighted by molar-refractivity contribution is 7.89. The standard InChI is InChI=1S/C20H26N2O4S/c1-3-7-15(2)22-19-11-10-17(14-18(19)20(23)24)27(25,26)21-13-12-16-8-5-4-6-9-16/h4-6,8-11,14-15,21-22H,3,7,12-13H2,1-2H3,(H,23,24)/t15-/m1/s1. The molecule has 0 saturated carbocycles. The lowest BCUT2D eigenvalue weighted by Gasteiger charge is -2.17. The molecule has 2 rings (SSSR count). The lowest BCUT2D eigenvalue weighted by Crippen LogP contribution is -2.26. The number of aromatic carboxylic acids is 1. The SMILES string of the molecule is CCC[C@@H](C)Nc1ccc(S(=O)(=O)NCCc2ccccc2)cc1C(=O)O. The molecule has 0 bridgehead atoms. The van der Waals surface area contributed by atoms with Gasteiger partial charge in [-0.25, -0.2) is 17.9 Å². The molecule has 0 saturated heterocycles. The van der Waals surface area contributed by atoms with Crippen LogP contribution in [0.4, 0.5) is 5.69 Å². The lowest BCUT2D eigenvalue weighted by molar-refractivity contribution is 0.0697. The summed E-state index contributed by atoms with van der Waals surface area (Å²) >= 11 is 0. The zero-order valence-electron chi connectivity index (χ0n) is 15.6. The van der Waals surface area contributed by atoms with Crippen molar-refractivity contribution < 1.29 is 18.3 Å². The van der Waals surface area contributed by atoms with Crippen LogP contribution in [-0.2, 0) is 16.4 Å². The average molecular weight is 391 g/mol. The Morgan fingerprint density at radius 1 is 1.15 bits per heavy atom. The quantitative estimate of drug-likeness (QED) is 0.577. The second-order valence-corrected chi connectivity index (χ2v) is 8.25. The van der Waals surface area contributed by atoms with Crippen LogP contribution in [0.25, 0.3) is 0 Å². The first-order chi connectivity index (χ1) is 12.8. The Labute approximate surface area is 160 Å². The molecule has 0 heterocycles. The molecule has 0 radical (unpaired) electrons. The fraction of sp³-hybridized carbons (Fsp3) is 0.350. The van der Waals surface area contributed by atoms with Crippen LogP contribution < -0.4 is 10.0 Å². The number of carbonyl (C=O) groups is 1. The number of hydrogen-bond donors (Lipinski definition) is 3. The number of carboxylic acid groups (broad SMARTS) is 1. The van der Waals surface area contributed by atoms with Crippen LogP contribution in [0, 0.1) is 0 Å². The Balaban J connectivity index is 2.13. The number of sulfonamides is 1. The van der Waals surface area contributed by atoms with Gasteiger partial charge in [-0.1, -0.05) is 43.7 Å². The minimum Gasteiger partial charge on any atom is -0.478 e. The van der Waals surface area contributed by atoms with Gasteiger partial charge in [-0.15, -0.1) is 0 Å². The van der Waals surface area contributed by atoms with E-state index in [2.05, 4.69) is 10.0 Å². The van der Waals surface area contributed by atoms with Crippen molar-refractivity contribution in [3.8, 4) is 0 Å². The van der Waals surface area contributed by atoms with Gasteiger partial charge in [0.1, 0.15) is 0 Å². The molecule has 0 spiro atoms. The Hall–Kier alpha value is -2.38. The van der Waals surface area contributed by atoms with Crippen molar-refractivity contribution >= 4 is 21.7 Å². The van der Waals surface area contributed by atoms with Gasteiger partial charge in [0, 0.05) is 18.3 Å². The summed E-state index contributed by atoms with van der Waals surface area (Å²) < 4.78 is 27.5. The molecule has 146 valence electrons. The lowest BCUT2D eigenvalue weighted by atomic mass is 10.1. The summed E-state index contributed by atoms with van der Waals surface area (Å²) in [6, 6.07) is 13.8. The zero-order chi connectivity index (χ0) is 19.9. The summed E-state index contributed by atoms with van der Waals surface area (Å²) in [7, 11) is -3.78. The van der Waals surface area contributed by atoms with Gasteiger partial charge in [0.25, 0.3) is 0 Å². The van der Waals surface area contributed by atoms with Crippen molar-refractivity contribution in [3.63, 3.8) is 0 Å². The first-order valence-corrected chi connectivity index (χ1v) is 10.5. The molecule has 1 atom stereocenters. The van der Waals surface area contributed by atoms with Crippen molar-refractivity contribution in [1.82, 2.24) is 4.72 Å². The minimum absolute atomic E-state index is 0.0520. The molecule has 0 aliphatic rings. The third-order valence-corrected chi connectivity index (χ3v) is 5.66. The third-order valence-electron chi connectivity index (χ3n) is 4.20. The second kappa shape index (κ2) is 9.53. The van der Waals surface area contributed by atoms with Crippen LogP contribution in [0.15, 0.2) is 53.4 Å². The van der Waals surface area contributed by atoms with E-state index < -0.39 is 16.0 Å². The fourth-order valence-electron chi connectivity index (χ4n) is 2.82. The molecule has 27 heavy (non-hydrogen) atoms. The smallest absolute Gasteiger partial charge is 0.337 e. The number of carboxylic acids is 1. The van der Waals surface area contributed by atoms with Gasteiger partial charge in [0.15, 0.2) is 0 Å². The first kappa shape index (κ1) is 20.9. The van der Waals surface area contributed by atoms with Crippen molar-refractivity contribution in [2.24, 2.45) is 0 Å². The summed E-state index contributed by atoms with van der Waals surface area (Å²) in [4.78, 5) is 11.5. The monoisotopic (exact) mass is 390 g/mol. The third kappa shape index (κ3) is 6.08. The zero-order valence-corrected chi connectivity index (χ0v) is 16.4. The molecule has 6 nitrogen and oxygen atoms in total. The normalized spacial score (nSPS) is 12.5. The molecular weight excluding hydrogens is 364 g/mol. The Bertz CT molecular complexity index is 867. The molecule has 2 aromatic rings. The maximum atomic E-state index is 12.5. The summed E-state index contributed by atoms with van der Waals surface area (Å²) in [6.07, 6.45) is 2.41. The molecule has 3 N–H and O–H groups in total. The average Bonchev–Trinajstić information content (AvgIpc) is 2.62. The van der Waals surface area contributed by atoms with Gasteiger partial charge in [0.05, 0.1) is 10.5 Å². The molecule has 0 aliphatic carbocycles. The molecule has 0 aliphatic heterocycles. The predicted molar refractivity (Wildman–Crippen MR) is 107 cm³/mol. The highest BCUT2D eigenvalue weighted by atomic mass is 32.2. The number of anilines is 1. The molecule has 0 aromatic heterocycles. The van der Waals surface area contributed by atoms with E-state index in [9.17, 15) is 18.3 Å². The van der Waals surface area contributed by atoms with E-state index in [1.807, 2.05) is 44.2 Å². The van der Waals surface area contributed by atoms with Crippen LogP contribution in [0.3, 0.4) is 0 Å². The Kier molecular flexibility index (Phi) is 7.38. The van der Waals surface area contributed by atoms with E-state index in [-0.39, 0.29) is 23.0 Å². The molecule has 0 amide bonds. The molecule has 0 fully saturated rings. The van der Waals surface area contributed by atoms with Crippen LogP contribution in [0.5, 0.6) is 0 Å². The Morgan fingerprint density at radius 3 is 2.48 bits per heavy atom. The number of hydrogen-bond acceptors (Lipinski definition) is 4. The summed E-state index contributed by atoms with van der Waals surface area (Å²) in [5.74, 6) is -1.16. The van der Waals surface area contributed by atoms with E-state index in [0.717, 1.165) is 18.4 Å². The second-order valence-electron chi connectivity index (χ2n) is 6.48. The number of nitrogens with one attached hydrogen (secondary N) is 2. The maximum Gasteiger partial charge on any atom is 0.337 e. The molecular formula is C20H26N2O4S. The predicted octanol–water partition coefficient (Wildman–Crippen LogP) is 3.51. The van der Waals surface area contributed by atoms with Crippen molar-refractivity contribution in [2.75, 3.05) is 11.9 Å². The maximum absolute atomic E-state index is 12.5. The van der Waals surface area contributed by atoms with Crippen molar-refractivity contribution in [2.45, 2.75) is 44.0 Å². The summed E-state index contributed by atoms with van der Waals surface area (Å²) in [5, 5.41) is 12.6. The van der Waals surface area contributed by atoms with Crippen molar-refractivity contribution in [3.05, 3.63) is 59.7 Å².